The van der Waals surface area contributed by atoms with E-state index in [0.717, 1.165) is 6.42 Å². The van der Waals surface area contributed by atoms with E-state index in [1.807, 2.05) is 13.8 Å². The molecule has 0 spiro atoms. The molecule has 0 bridgehead atoms. The third-order valence-electron chi connectivity index (χ3n) is 2.28. The van der Waals surface area contributed by atoms with Gasteiger partial charge in [-0.25, -0.2) is 9.78 Å². The van der Waals surface area contributed by atoms with Crippen molar-refractivity contribution in [1.29, 1.82) is 0 Å². The Balaban J connectivity index is 2.76. The number of aryl methyl sites for hydroxylation is 1. The molecule has 0 fully saturated rings. The van der Waals surface area contributed by atoms with Gasteiger partial charge in [-0.05, 0) is 18.8 Å². The first-order valence-electron chi connectivity index (χ1n) is 5.75. The summed E-state index contributed by atoms with van der Waals surface area (Å²) in [6.45, 7) is 4.65. The molecule has 0 unspecified atom stereocenters. The molecular weight excluding hydrogens is 222 g/mol. The second-order valence-corrected chi connectivity index (χ2v) is 4.38. The van der Waals surface area contributed by atoms with E-state index >= 15 is 0 Å². The fourth-order valence-corrected chi connectivity index (χ4v) is 1.57. The number of carbonyl (C=O) groups is 1. The Morgan fingerprint density at radius 2 is 2.24 bits per heavy atom. The van der Waals surface area contributed by atoms with E-state index in [1.54, 1.807) is 7.11 Å². The van der Waals surface area contributed by atoms with Crippen LogP contribution in [0.5, 0.6) is 0 Å². The van der Waals surface area contributed by atoms with Gasteiger partial charge in [0.1, 0.15) is 0 Å². The molecule has 0 amide bonds. The molecule has 1 aromatic heterocycles. The van der Waals surface area contributed by atoms with Crippen LogP contribution in [0.1, 0.15) is 42.4 Å². The van der Waals surface area contributed by atoms with Crippen LogP contribution in [0, 0.1) is 5.92 Å². The minimum atomic E-state index is -1.05. The topological polar surface area (TPSA) is 72.6 Å². The minimum Gasteiger partial charge on any atom is -0.475 e. The van der Waals surface area contributed by atoms with Crippen molar-refractivity contribution in [1.82, 2.24) is 4.98 Å². The monoisotopic (exact) mass is 241 g/mol. The molecule has 0 aromatic carbocycles. The number of aromatic nitrogens is 1. The normalized spacial score (nSPS) is 11.1. The summed E-state index contributed by atoms with van der Waals surface area (Å²) in [4.78, 5) is 15.2. The van der Waals surface area contributed by atoms with E-state index < -0.39 is 5.97 Å². The molecule has 1 heterocycles. The maximum Gasteiger partial charge on any atom is 0.373 e. The van der Waals surface area contributed by atoms with Crippen LogP contribution in [0.15, 0.2) is 4.42 Å². The number of carboxylic acid groups (broad SMARTS) is 1. The van der Waals surface area contributed by atoms with Crippen molar-refractivity contribution < 1.29 is 19.1 Å². The number of rotatable bonds is 7. The quantitative estimate of drug-likeness (QED) is 0.740. The summed E-state index contributed by atoms with van der Waals surface area (Å²) < 4.78 is 10.2. The first-order valence-corrected chi connectivity index (χ1v) is 5.75. The van der Waals surface area contributed by atoms with Gasteiger partial charge in [-0.1, -0.05) is 13.8 Å². The first-order chi connectivity index (χ1) is 8.04. The van der Waals surface area contributed by atoms with Crippen molar-refractivity contribution in [2.24, 2.45) is 5.92 Å². The number of methoxy groups -OCH3 is 1. The summed E-state index contributed by atoms with van der Waals surface area (Å²) in [6.07, 6.45) is 2.00. The van der Waals surface area contributed by atoms with Gasteiger partial charge in [0, 0.05) is 20.1 Å². The van der Waals surface area contributed by atoms with Gasteiger partial charge in [-0.3, -0.25) is 0 Å². The van der Waals surface area contributed by atoms with Crippen molar-refractivity contribution in [3.05, 3.63) is 17.3 Å². The number of carboxylic acids is 1. The molecule has 0 aliphatic carbocycles. The van der Waals surface area contributed by atoms with Crippen LogP contribution in [-0.2, 0) is 17.6 Å². The number of aromatic carboxylic acids is 1. The summed E-state index contributed by atoms with van der Waals surface area (Å²) in [7, 11) is 1.63. The number of hydrogen-bond donors (Lipinski definition) is 1. The van der Waals surface area contributed by atoms with Crippen LogP contribution in [-0.4, -0.2) is 29.8 Å². The lowest BCUT2D eigenvalue weighted by molar-refractivity contribution is 0.0658. The second kappa shape index (κ2) is 6.39. The van der Waals surface area contributed by atoms with Gasteiger partial charge in [-0.2, -0.15) is 0 Å². The molecule has 0 aliphatic heterocycles. The van der Waals surface area contributed by atoms with Gasteiger partial charge in [0.2, 0.25) is 5.76 Å². The Morgan fingerprint density at radius 1 is 1.53 bits per heavy atom. The average Bonchev–Trinajstić information content (AvgIpc) is 2.60. The lowest BCUT2D eigenvalue weighted by Gasteiger charge is -2.00. The Bertz CT molecular complexity index is 371. The van der Waals surface area contributed by atoms with E-state index in [1.165, 1.54) is 0 Å². The van der Waals surface area contributed by atoms with Crippen molar-refractivity contribution in [2.75, 3.05) is 13.7 Å². The zero-order valence-electron chi connectivity index (χ0n) is 10.5. The van der Waals surface area contributed by atoms with Crippen LogP contribution in [0.4, 0.5) is 0 Å². The maximum absolute atomic E-state index is 11.0. The largest absolute Gasteiger partial charge is 0.475 e. The van der Waals surface area contributed by atoms with E-state index in [4.69, 9.17) is 14.3 Å². The summed E-state index contributed by atoms with van der Waals surface area (Å²) >= 11 is 0. The van der Waals surface area contributed by atoms with Gasteiger partial charge in [-0.15, -0.1) is 0 Å². The van der Waals surface area contributed by atoms with Gasteiger partial charge < -0.3 is 14.3 Å². The molecule has 1 aromatic rings. The maximum atomic E-state index is 11.0. The molecule has 0 saturated carbocycles. The molecule has 17 heavy (non-hydrogen) atoms. The Kier molecular flexibility index (Phi) is 5.15. The lowest BCUT2D eigenvalue weighted by atomic mass is 10.1. The van der Waals surface area contributed by atoms with Gasteiger partial charge in [0.05, 0.1) is 5.69 Å². The smallest absolute Gasteiger partial charge is 0.373 e. The molecular formula is C12H19NO4. The SMILES string of the molecule is COCCCc1nc(CC(C)C)c(C(=O)O)o1. The molecule has 5 heteroatoms. The van der Waals surface area contributed by atoms with Crippen LogP contribution in [0.2, 0.25) is 0 Å². The fraction of sp³-hybridized carbons (Fsp3) is 0.667. The molecule has 0 atom stereocenters. The minimum absolute atomic E-state index is 0.0221. The molecule has 1 rings (SSSR count). The van der Waals surface area contributed by atoms with Crippen molar-refractivity contribution in [2.45, 2.75) is 33.1 Å². The highest BCUT2D eigenvalue weighted by Gasteiger charge is 2.19. The van der Waals surface area contributed by atoms with E-state index in [-0.39, 0.29) is 5.76 Å². The summed E-state index contributed by atoms with van der Waals surface area (Å²) in [5, 5.41) is 9.01. The zero-order chi connectivity index (χ0) is 12.8. The molecule has 0 radical (unpaired) electrons. The Hall–Kier alpha value is -1.36. The molecule has 0 aliphatic rings. The van der Waals surface area contributed by atoms with E-state index in [0.29, 0.717) is 37.0 Å². The predicted octanol–water partition coefficient (Wildman–Crippen LogP) is 2.15. The first kappa shape index (κ1) is 13.7. The highest BCUT2D eigenvalue weighted by Crippen LogP contribution is 2.16. The summed E-state index contributed by atoms with van der Waals surface area (Å²) in [6, 6.07) is 0. The summed E-state index contributed by atoms with van der Waals surface area (Å²) in [5.74, 6) is -0.239. The van der Waals surface area contributed by atoms with Crippen LogP contribution >= 0.6 is 0 Å². The second-order valence-electron chi connectivity index (χ2n) is 4.38. The number of oxazole rings is 1. The average molecular weight is 241 g/mol. The van der Waals surface area contributed by atoms with E-state index in [2.05, 4.69) is 4.98 Å². The van der Waals surface area contributed by atoms with Gasteiger partial charge in [0.25, 0.3) is 0 Å². The molecule has 5 nitrogen and oxygen atoms in total. The van der Waals surface area contributed by atoms with Crippen molar-refractivity contribution in [3.63, 3.8) is 0 Å². The number of nitrogens with zero attached hydrogens (tertiary/aromatic N) is 1. The highest BCUT2D eigenvalue weighted by molar-refractivity contribution is 5.85. The molecule has 0 saturated heterocycles. The standard InChI is InChI=1S/C12H19NO4/c1-8(2)7-9-11(12(14)15)17-10(13-9)5-4-6-16-3/h8H,4-7H2,1-3H3,(H,14,15). The molecule has 96 valence electrons. The third-order valence-corrected chi connectivity index (χ3v) is 2.28. The van der Waals surface area contributed by atoms with Crippen molar-refractivity contribution >= 4 is 5.97 Å². The van der Waals surface area contributed by atoms with Crippen molar-refractivity contribution in [3.8, 4) is 0 Å². The third kappa shape index (κ3) is 4.19. The zero-order valence-corrected chi connectivity index (χ0v) is 10.5. The van der Waals surface area contributed by atoms with Gasteiger partial charge in [0.15, 0.2) is 5.89 Å². The fourth-order valence-electron chi connectivity index (χ4n) is 1.57. The number of hydrogen-bond acceptors (Lipinski definition) is 4. The summed E-state index contributed by atoms with van der Waals surface area (Å²) in [5.41, 5.74) is 0.542. The van der Waals surface area contributed by atoms with Gasteiger partial charge >= 0.3 is 5.97 Å². The van der Waals surface area contributed by atoms with E-state index in [9.17, 15) is 4.79 Å². The Morgan fingerprint density at radius 3 is 2.76 bits per heavy atom. The predicted molar refractivity (Wildman–Crippen MR) is 62.2 cm³/mol. The highest BCUT2D eigenvalue weighted by atomic mass is 16.5. The van der Waals surface area contributed by atoms with Crippen LogP contribution in [0.3, 0.4) is 0 Å². The Labute approximate surface area is 101 Å². The molecule has 1 N–H and O–H groups in total. The lowest BCUT2D eigenvalue weighted by Crippen LogP contribution is -2.03. The number of ether oxygens (including phenoxy) is 1. The van der Waals surface area contributed by atoms with Crippen LogP contribution < -0.4 is 0 Å². The van der Waals surface area contributed by atoms with Crippen LogP contribution in [0.25, 0.3) is 0 Å².